The Labute approximate surface area is 337 Å². The molecular weight excluding hydrogens is 779 g/mol. The van der Waals surface area contributed by atoms with Crippen LogP contribution in [0.25, 0.3) is 32.9 Å². The summed E-state index contributed by atoms with van der Waals surface area (Å²) in [5.41, 5.74) is -0.455. The Kier molecular flexibility index (Phi) is 9.03. The molecule has 300 valence electrons. The number of amides is 1. The summed E-state index contributed by atoms with van der Waals surface area (Å²) in [5.74, 6) is 1.89. The maximum Gasteiger partial charge on any atom is 0.319 e. The van der Waals surface area contributed by atoms with E-state index in [4.69, 9.17) is 16.1 Å². The molecule has 1 saturated carbocycles. The number of terminal acetylenes is 1. The third kappa shape index (κ3) is 6.61. The molecule has 1 amide bonds. The van der Waals surface area contributed by atoms with E-state index in [0.29, 0.717) is 65.1 Å². The van der Waals surface area contributed by atoms with Gasteiger partial charge in [-0.05, 0) is 74.4 Å². The first-order valence-corrected chi connectivity index (χ1v) is 21.0. The second kappa shape index (κ2) is 14.3. The summed E-state index contributed by atoms with van der Waals surface area (Å²) in [7, 11) is -3.98. The lowest BCUT2D eigenvalue weighted by Crippen LogP contribution is -2.51. The van der Waals surface area contributed by atoms with Gasteiger partial charge in [-0.1, -0.05) is 30.2 Å². The Morgan fingerprint density at radius 1 is 1.02 bits per heavy atom. The van der Waals surface area contributed by atoms with E-state index in [1.165, 1.54) is 42.9 Å². The van der Waals surface area contributed by atoms with Crippen LogP contribution in [0, 0.1) is 29.4 Å². The van der Waals surface area contributed by atoms with Crippen LogP contribution in [0.4, 0.5) is 20.3 Å². The Hall–Kier alpha value is -6.09. The van der Waals surface area contributed by atoms with Gasteiger partial charge in [0.05, 0.1) is 21.3 Å². The minimum atomic E-state index is -3.98. The number of ether oxygens (including phenoxy) is 1. The largest absolute Gasteiger partial charge is 0.462 e. The summed E-state index contributed by atoms with van der Waals surface area (Å²) < 4.78 is 65.6. The molecule has 3 aliphatic heterocycles. The standard InChI is InChI=1S/C42H38F2N10O4S/c1-2-30-33(43)15-8-24-4-3-5-31(34(24)30)36-35(44)37-32(18-46-36)39(53-19-27-9-10-28(20-53)48-27)51-41(50-37)58-22-42(16-17-45-21-42)40(55)49-26-11-13-29(14-12-26)59(56,57)54-23-47-38(52-54)25-6-7-25/h1,3-5,8,11-15,18,23,25,27-28,45,48H,6-7,9-10,16-17,19-22H2,(H,49,55). The van der Waals surface area contributed by atoms with Gasteiger partial charge in [-0.2, -0.15) is 18.4 Å². The summed E-state index contributed by atoms with van der Waals surface area (Å²) in [4.78, 5) is 34.3. The zero-order chi connectivity index (χ0) is 40.5. The Bertz CT molecular complexity index is 2810. The fourth-order valence-electron chi connectivity index (χ4n) is 8.49. The van der Waals surface area contributed by atoms with Crippen molar-refractivity contribution in [1.29, 1.82) is 0 Å². The lowest BCUT2D eigenvalue weighted by atomic mass is 9.87. The van der Waals surface area contributed by atoms with E-state index in [9.17, 15) is 17.6 Å². The van der Waals surface area contributed by atoms with Crippen LogP contribution in [0.2, 0.25) is 0 Å². The zero-order valence-electron chi connectivity index (χ0n) is 31.7. The minimum absolute atomic E-state index is 0.000215. The van der Waals surface area contributed by atoms with E-state index in [1.807, 2.05) is 0 Å². The number of hydrogen-bond acceptors (Lipinski definition) is 12. The van der Waals surface area contributed by atoms with Crippen molar-refractivity contribution >= 4 is 49.1 Å². The van der Waals surface area contributed by atoms with Gasteiger partial charge < -0.3 is 25.6 Å². The van der Waals surface area contributed by atoms with E-state index in [1.54, 1.807) is 24.3 Å². The van der Waals surface area contributed by atoms with E-state index in [0.717, 1.165) is 29.8 Å². The van der Waals surface area contributed by atoms with Gasteiger partial charge in [0, 0.05) is 60.5 Å². The molecule has 3 saturated heterocycles. The molecule has 1 aliphatic carbocycles. The first-order valence-electron chi connectivity index (χ1n) is 19.6. The number of pyridine rings is 1. The smallest absolute Gasteiger partial charge is 0.319 e. The molecule has 3 aromatic carbocycles. The number of nitrogens with one attached hydrogen (secondary N) is 3. The molecule has 3 aromatic heterocycles. The SMILES string of the molecule is C#Cc1c(F)ccc2cccc(-c3ncc4c(N5CC6CCC(C5)N6)nc(OCC5(C(=O)Nc6ccc(S(=O)(=O)n7cnc(C8CC8)n7)cc6)CCNC5)nc4c3F)c12. The topological polar surface area (TPSA) is 169 Å². The molecule has 0 radical (unpaired) electrons. The fraction of sp³-hybridized carbons (Fsp3) is 0.333. The van der Waals surface area contributed by atoms with Gasteiger partial charge >= 0.3 is 6.01 Å². The average Bonchev–Trinajstić information content (AvgIpc) is 3.58. The number of hydrogen-bond donors (Lipinski definition) is 3. The van der Waals surface area contributed by atoms with E-state index < -0.39 is 27.1 Å². The zero-order valence-corrected chi connectivity index (χ0v) is 32.5. The number of carbonyl (C=O) groups excluding carboxylic acids is 1. The maximum absolute atomic E-state index is 17.0. The highest BCUT2D eigenvalue weighted by Crippen LogP contribution is 2.39. The molecule has 4 aliphatic rings. The Morgan fingerprint density at radius 3 is 2.54 bits per heavy atom. The molecule has 0 spiro atoms. The van der Waals surface area contributed by atoms with Crippen LogP contribution < -0.4 is 25.6 Å². The molecule has 2 bridgehead atoms. The predicted octanol–water partition coefficient (Wildman–Crippen LogP) is 4.75. The second-order valence-electron chi connectivity index (χ2n) is 15.8. The van der Waals surface area contributed by atoms with Crippen LogP contribution in [-0.4, -0.2) is 88.3 Å². The highest BCUT2D eigenvalue weighted by atomic mass is 32.2. The van der Waals surface area contributed by atoms with Gasteiger partial charge in [-0.15, -0.1) is 15.6 Å². The summed E-state index contributed by atoms with van der Waals surface area (Å²) in [5, 5.41) is 15.3. The number of piperazine rings is 1. The fourth-order valence-corrected chi connectivity index (χ4v) is 9.55. The van der Waals surface area contributed by atoms with E-state index in [-0.39, 0.29) is 64.7 Å². The molecule has 3 N–H and O–H groups in total. The number of carbonyl (C=O) groups is 1. The van der Waals surface area contributed by atoms with Crippen molar-refractivity contribution in [3.8, 4) is 29.6 Å². The number of anilines is 2. The van der Waals surface area contributed by atoms with Crippen molar-refractivity contribution in [3.05, 3.63) is 90.1 Å². The summed E-state index contributed by atoms with van der Waals surface area (Å²) in [6, 6.07) is 14.2. The van der Waals surface area contributed by atoms with Gasteiger partial charge in [-0.3, -0.25) is 9.78 Å². The van der Waals surface area contributed by atoms with Crippen LogP contribution in [0.3, 0.4) is 0 Å². The molecule has 3 atom stereocenters. The Balaban J connectivity index is 0.959. The van der Waals surface area contributed by atoms with Crippen molar-refractivity contribution in [2.75, 3.05) is 43.0 Å². The van der Waals surface area contributed by atoms with E-state index in [2.05, 4.69) is 46.8 Å². The van der Waals surface area contributed by atoms with Gasteiger partial charge in [0.2, 0.25) is 5.91 Å². The summed E-state index contributed by atoms with van der Waals surface area (Å²) in [6.07, 6.45) is 12.8. The average molecular weight is 817 g/mol. The van der Waals surface area contributed by atoms with Crippen LogP contribution in [0.5, 0.6) is 6.01 Å². The quantitative estimate of drug-likeness (QED) is 0.163. The molecule has 3 unspecified atom stereocenters. The molecule has 4 fully saturated rings. The summed E-state index contributed by atoms with van der Waals surface area (Å²) >= 11 is 0. The van der Waals surface area contributed by atoms with Gasteiger partial charge in [0.25, 0.3) is 10.0 Å². The van der Waals surface area contributed by atoms with Crippen LogP contribution in [-0.2, 0) is 14.8 Å². The Morgan fingerprint density at radius 2 is 1.81 bits per heavy atom. The lowest BCUT2D eigenvalue weighted by Gasteiger charge is -2.34. The van der Waals surface area contributed by atoms with Gasteiger partial charge in [0.1, 0.15) is 35.8 Å². The van der Waals surface area contributed by atoms with Gasteiger partial charge in [0.15, 0.2) is 11.6 Å². The number of aromatic nitrogens is 6. The normalized spacial score (nSPS) is 21.5. The highest BCUT2D eigenvalue weighted by molar-refractivity contribution is 7.89. The third-order valence-electron chi connectivity index (χ3n) is 11.8. The molecule has 17 heteroatoms. The van der Waals surface area contributed by atoms with Crippen molar-refractivity contribution in [2.45, 2.75) is 55.0 Å². The molecular formula is C42H38F2N10O4S. The number of fused-ring (bicyclic) bond motifs is 4. The highest BCUT2D eigenvalue weighted by Gasteiger charge is 2.43. The van der Waals surface area contributed by atoms with Crippen molar-refractivity contribution < 1.29 is 26.7 Å². The van der Waals surface area contributed by atoms with E-state index >= 15 is 4.39 Å². The first kappa shape index (κ1) is 37.2. The number of halogens is 2. The molecule has 10 rings (SSSR count). The van der Waals surface area contributed by atoms with Crippen molar-refractivity contribution in [3.63, 3.8) is 0 Å². The molecule has 6 heterocycles. The van der Waals surface area contributed by atoms with Crippen molar-refractivity contribution in [2.24, 2.45) is 5.41 Å². The van der Waals surface area contributed by atoms with Crippen LogP contribution in [0.15, 0.2) is 72.0 Å². The van der Waals surface area contributed by atoms with Crippen LogP contribution in [0.1, 0.15) is 49.4 Å². The number of benzene rings is 3. The molecule has 14 nitrogen and oxygen atoms in total. The van der Waals surface area contributed by atoms with Crippen molar-refractivity contribution in [1.82, 2.24) is 39.8 Å². The second-order valence-corrected chi connectivity index (χ2v) is 17.6. The number of rotatable bonds is 10. The predicted molar refractivity (Wildman–Crippen MR) is 215 cm³/mol. The van der Waals surface area contributed by atoms with Crippen LogP contribution >= 0.6 is 0 Å². The molecule has 6 aromatic rings. The third-order valence-corrected chi connectivity index (χ3v) is 13.4. The molecule has 59 heavy (non-hydrogen) atoms. The minimum Gasteiger partial charge on any atom is -0.462 e. The lowest BCUT2D eigenvalue weighted by molar-refractivity contribution is -0.126. The van der Waals surface area contributed by atoms with Gasteiger partial charge in [-0.25, -0.2) is 13.8 Å². The maximum atomic E-state index is 17.0. The first-order chi connectivity index (χ1) is 28.6. The monoisotopic (exact) mass is 816 g/mol. The number of nitrogens with zero attached hydrogens (tertiary/aromatic N) is 7. The summed E-state index contributed by atoms with van der Waals surface area (Å²) in [6.45, 7) is 1.95.